The van der Waals surface area contributed by atoms with E-state index in [1.807, 2.05) is 4.90 Å². The van der Waals surface area contributed by atoms with Gasteiger partial charge in [-0.2, -0.15) is 0 Å². The van der Waals surface area contributed by atoms with Crippen LogP contribution in [0.5, 0.6) is 0 Å². The lowest BCUT2D eigenvalue weighted by Gasteiger charge is -2.32. The molecule has 1 aromatic heterocycles. The van der Waals surface area contributed by atoms with E-state index in [1.165, 1.54) is 0 Å². The molecule has 0 saturated carbocycles. The van der Waals surface area contributed by atoms with Gasteiger partial charge in [-0.15, -0.1) is 0 Å². The molecule has 20 heavy (non-hydrogen) atoms. The van der Waals surface area contributed by atoms with E-state index in [-0.39, 0.29) is 5.91 Å². The normalized spacial score (nSPS) is 16.2. The van der Waals surface area contributed by atoms with Crippen molar-refractivity contribution >= 4 is 11.7 Å². The monoisotopic (exact) mass is 277 g/mol. The molecule has 1 aliphatic rings. The van der Waals surface area contributed by atoms with Crippen LogP contribution < -0.4 is 4.90 Å². The van der Waals surface area contributed by atoms with Crippen molar-refractivity contribution in [2.24, 2.45) is 0 Å². The number of aromatic nitrogens is 2. The number of hydrogen-bond donors (Lipinski definition) is 0. The molecule has 1 fully saturated rings. The predicted octanol–water partition coefficient (Wildman–Crippen LogP) is 0.710. The number of anilines is 1. The number of carbonyl (C=O) groups is 1. The first-order valence-corrected chi connectivity index (χ1v) is 7.20. The van der Waals surface area contributed by atoms with Crippen LogP contribution in [0.1, 0.15) is 24.3 Å². The average molecular weight is 277 g/mol. The fourth-order valence-corrected chi connectivity index (χ4v) is 2.31. The van der Waals surface area contributed by atoms with Crippen LogP contribution >= 0.6 is 0 Å². The summed E-state index contributed by atoms with van der Waals surface area (Å²) in [7, 11) is 2.07. The van der Waals surface area contributed by atoms with Gasteiger partial charge in [-0.05, 0) is 20.9 Å². The minimum absolute atomic E-state index is 0.0169. The van der Waals surface area contributed by atoms with Crippen molar-refractivity contribution in [3.8, 4) is 0 Å². The number of amides is 1. The van der Waals surface area contributed by atoms with E-state index in [9.17, 15) is 4.79 Å². The number of carbonyl (C=O) groups excluding carboxylic acids is 1. The molecular weight excluding hydrogens is 254 g/mol. The number of nitrogens with zero attached hydrogens (tertiary/aromatic N) is 5. The van der Waals surface area contributed by atoms with E-state index in [1.54, 1.807) is 12.4 Å². The van der Waals surface area contributed by atoms with Crippen molar-refractivity contribution in [1.29, 1.82) is 0 Å². The van der Waals surface area contributed by atoms with Gasteiger partial charge in [-0.25, -0.2) is 9.97 Å². The first kappa shape index (κ1) is 14.7. The van der Waals surface area contributed by atoms with Crippen LogP contribution in [0.4, 0.5) is 5.82 Å². The van der Waals surface area contributed by atoms with Gasteiger partial charge in [-0.3, -0.25) is 4.79 Å². The molecule has 0 unspecified atom stereocenters. The van der Waals surface area contributed by atoms with Crippen LogP contribution in [0.2, 0.25) is 0 Å². The lowest BCUT2D eigenvalue weighted by Crippen LogP contribution is -2.47. The summed E-state index contributed by atoms with van der Waals surface area (Å²) in [6.07, 6.45) is 3.28. The van der Waals surface area contributed by atoms with E-state index >= 15 is 0 Å². The molecule has 0 bridgehead atoms. The van der Waals surface area contributed by atoms with Crippen molar-refractivity contribution in [2.45, 2.75) is 13.8 Å². The fourth-order valence-electron chi connectivity index (χ4n) is 2.31. The molecule has 0 aliphatic carbocycles. The Hall–Kier alpha value is -1.69. The van der Waals surface area contributed by atoms with E-state index in [2.05, 4.69) is 40.7 Å². The average Bonchev–Trinajstić information content (AvgIpc) is 2.49. The summed E-state index contributed by atoms with van der Waals surface area (Å²) in [5, 5.41) is 0. The highest BCUT2D eigenvalue weighted by Crippen LogP contribution is 2.10. The summed E-state index contributed by atoms with van der Waals surface area (Å²) >= 11 is 0. The highest BCUT2D eigenvalue weighted by molar-refractivity contribution is 5.92. The second kappa shape index (κ2) is 6.65. The first-order chi connectivity index (χ1) is 9.65. The van der Waals surface area contributed by atoms with Gasteiger partial charge in [0, 0.05) is 39.3 Å². The maximum absolute atomic E-state index is 12.3. The summed E-state index contributed by atoms with van der Waals surface area (Å²) in [5.41, 5.74) is 0.436. The van der Waals surface area contributed by atoms with Crippen molar-refractivity contribution in [3.05, 3.63) is 18.1 Å². The summed E-state index contributed by atoms with van der Waals surface area (Å²) in [6.45, 7) is 9.27. The first-order valence-electron chi connectivity index (χ1n) is 7.20. The molecule has 1 saturated heterocycles. The molecule has 2 heterocycles. The van der Waals surface area contributed by atoms with Crippen LogP contribution in [0, 0.1) is 0 Å². The zero-order valence-electron chi connectivity index (χ0n) is 12.5. The molecule has 1 amide bonds. The second-order valence-electron chi connectivity index (χ2n) is 5.03. The minimum Gasteiger partial charge on any atom is -0.356 e. The molecule has 110 valence electrons. The Balaban J connectivity index is 2.04. The van der Waals surface area contributed by atoms with Gasteiger partial charge >= 0.3 is 0 Å². The highest BCUT2D eigenvalue weighted by Gasteiger charge is 2.21. The van der Waals surface area contributed by atoms with E-state index in [0.29, 0.717) is 5.69 Å². The number of rotatable bonds is 4. The number of likely N-dealkylation sites (N-methyl/N-ethyl adjacent to an activating group) is 1. The largest absolute Gasteiger partial charge is 0.356 e. The molecule has 0 aromatic carbocycles. The zero-order chi connectivity index (χ0) is 14.5. The second-order valence-corrected chi connectivity index (χ2v) is 5.03. The molecule has 1 aliphatic heterocycles. The van der Waals surface area contributed by atoms with Gasteiger partial charge in [-0.1, -0.05) is 0 Å². The van der Waals surface area contributed by atoms with Gasteiger partial charge < -0.3 is 14.7 Å². The number of hydrogen-bond acceptors (Lipinski definition) is 5. The Morgan fingerprint density at radius 1 is 1.15 bits per heavy atom. The van der Waals surface area contributed by atoms with Gasteiger partial charge in [0.05, 0.1) is 12.4 Å². The third-order valence-corrected chi connectivity index (χ3v) is 3.74. The Labute approximate surface area is 120 Å². The zero-order valence-corrected chi connectivity index (χ0v) is 12.5. The highest BCUT2D eigenvalue weighted by atomic mass is 16.2. The molecule has 0 spiro atoms. The summed E-state index contributed by atoms with van der Waals surface area (Å²) in [4.78, 5) is 27.1. The van der Waals surface area contributed by atoms with Gasteiger partial charge in [0.1, 0.15) is 11.5 Å². The third kappa shape index (κ3) is 3.25. The van der Waals surface area contributed by atoms with Crippen molar-refractivity contribution < 1.29 is 4.79 Å². The molecule has 0 radical (unpaired) electrons. The Morgan fingerprint density at radius 2 is 1.80 bits per heavy atom. The van der Waals surface area contributed by atoms with Crippen LogP contribution in [-0.4, -0.2) is 72.0 Å². The van der Waals surface area contributed by atoms with Crippen molar-refractivity contribution in [2.75, 3.05) is 51.2 Å². The van der Waals surface area contributed by atoms with Gasteiger partial charge in [0.25, 0.3) is 5.91 Å². The number of piperazine rings is 1. The molecule has 1 aromatic rings. The Bertz CT molecular complexity index is 435. The topological polar surface area (TPSA) is 52.6 Å². The van der Waals surface area contributed by atoms with Crippen LogP contribution in [0.25, 0.3) is 0 Å². The quantitative estimate of drug-likeness (QED) is 0.811. The van der Waals surface area contributed by atoms with Crippen molar-refractivity contribution in [3.63, 3.8) is 0 Å². The lowest BCUT2D eigenvalue weighted by atomic mass is 10.3. The Kier molecular flexibility index (Phi) is 4.89. The molecule has 2 rings (SSSR count). The summed E-state index contributed by atoms with van der Waals surface area (Å²) < 4.78 is 0. The molecule has 0 N–H and O–H groups in total. The Morgan fingerprint density at radius 3 is 2.30 bits per heavy atom. The van der Waals surface area contributed by atoms with E-state index < -0.39 is 0 Å². The SMILES string of the molecule is CCN(CC)c1cnc(C(=O)N2CCN(C)CC2)cn1. The molecule has 0 atom stereocenters. The fraction of sp³-hybridized carbons (Fsp3) is 0.643. The molecular formula is C14H23N5O. The standard InChI is InChI=1S/C14H23N5O/c1-4-18(5-2)13-11-15-12(10-16-13)14(20)19-8-6-17(3)7-9-19/h10-11H,4-9H2,1-3H3. The third-order valence-electron chi connectivity index (χ3n) is 3.74. The van der Waals surface area contributed by atoms with E-state index in [0.717, 1.165) is 45.1 Å². The molecule has 6 heteroatoms. The minimum atomic E-state index is -0.0169. The van der Waals surface area contributed by atoms with Crippen LogP contribution in [-0.2, 0) is 0 Å². The van der Waals surface area contributed by atoms with Gasteiger partial charge in [0.2, 0.25) is 0 Å². The van der Waals surface area contributed by atoms with Crippen LogP contribution in [0.15, 0.2) is 12.4 Å². The van der Waals surface area contributed by atoms with Gasteiger partial charge in [0.15, 0.2) is 0 Å². The van der Waals surface area contributed by atoms with E-state index in [4.69, 9.17) is 0 Å². The lowest BCUT2D eigenvalue weighted by molar-refractivity contribution is 0.0658. The van der Waals surface area contributed by atoms with Crippen LogP contribution in [0.3, 0.4) is 0 Å². The van der Waals surface area contributed by atoms with Crippen molar-refractivity contribution in [1.82, 2.24) is 19.8 Å². The maximum Gasteiger partial charge on any atom is 0.274 e. The predicted molar refractivity (Wildman–Crippen MR) is 79.0 cm³/mol. The molecule has 6 nitrogen and oxygen atoms in total. The smallest absolute Gasteiger partial charge is 0.274 e. The maximum atomic E-state index is 12.3. The summed E-state index contributed by atoms with van der Waals surface area (Å²) in [5.74, 6) is 0.807. The summed E-state index contributed by atoms with van der Waals surface area (Å²) in [6, 6.07) is 0.